The summed E-state index contributed by atoms with van der Waals surface area (Å²) >= 11 is 0. The Balaban J connectivity index is 0. The molecule has 1 heterocycles. The molecule has 0 aromatic carbocycles. The summed E-state index contributed by atoms with van der Waals surface area (Å²) in [7, 11) is 5.45. The average Bonchev–Trinajstić information content (AvgIpc) is 2.42. The number of halogens is 2. The molecule has 8 heteroatoms. The number of carbonyl (C=O) groups excluding carboxylic acids is 1. The van der Waals surface area contributed by atoms with Gasteiger partial charge in [-0.1, -0.05) is 0 Å². The van der Waals surface area contributed by atoms with E-state index >= 15 is 0 Å². The Morgan fingerprint density at radius 3 is 2.62 bits per heavy atom. The second-order valence-electron chi connectivity index (χ2n) is 4.30. The Kier molecular flexibility index (Phi) is 13.4. The number of hydrogen-bond donors (Lipinski definition) is 2. The molecule has 1 amide bonds. The van der Waals surface area contributed by atoms with Crippen LogP contribution in [-0.4, -0.2) is 58.3 Å². The Morgan fingerprint density at radius 2 is 2.00 bits per heavy atom. The number of amides is 1. The van der Waals surface area contributed by atoms with Gasteiger partial charge in [0.15, 0.2) is 0 Å². The number of carbonyl (C=O) groups is 1. The molecule has 0 aliphatic carbocycles. The molecule has 1 rings (SSSR count). The normalized spacial score (nSPS) is 9.29. The fourth-order valence-corrected chi connectivity index (χ4v) is 1.47. The molecular formula is C13H24Cl2N4O2. The van der Waals surface area contributed by atoms with Crippen LogP contribution in [0.5, 0.6) is 0 Å². The van der Waals surface area contributed by atoms with Gasteiger partial charge in [-0.15, -0.1) is 24.8 Å². The van der Waals surface area contributed by atoms with E-state index in [0.717, 1.165) is 18.9 Å². The third-order valence-electron chi connectivity index (χ3n) is 2.54. The lowest BCUT2D eigenvalue weighted by Gasteiger charge is -2.12. The van der Waals surface area contributed by atoms with Crippen molar-refractivity contribution in [1.29, 1.82) is 0 Å². The first kappa shape index (κ1) is 22.2. The second kappa shape index (κ2) is 12.6. The molecule has 0 spiro atoms. The van der Waals surface area contributed by atoms with E-state index in [0.29, 0.717) is 18.7 Å². The first-order chi connectivity index (χ1) is 9.15. The van der Waals surface area contributed by atoms with Crippen LogP contribution in [0.4, 0.5) is 5.82 Å². The van der Waals surface area contributed by atoms with Crippen molar-refractivity contribution in [3.05, 3.63) is 23.9 Å². The van der Waals surface area contributed by atoms with Crippen molar-refractivity contribution in [2.24, 2.45) is 0 Å². The number of pyridine rings is 1. The summed E-state index contributed by atoms with van der Waals surface area (Å²) in [5.74, 6) is 0.685. The van der Waals surface area contributed by atoms with Crippen LogP contribution in [-0.2, 0) is 4.74 Å². The molecule has 0 aliphatic heterocycles. The number of anilines is 1. The highest BCUT2D eigenvalue weighted by atomic mass is 35.5. The summed E-state index contributed by atoms with van der Waals surface area (Å²) in [5.41, 5.74) is 0.621. The summed E-state index contributed by atoms with van der Waals surface area (Å²) in [6, 6.07) is 3.48. The molecule has 0 atom stereocenters. The molecule has 0 fully saturated rings. The van der Waals surface area contributed by atoms with Crippen molar-refractivity contribution < 1.29 is 9.53 Å². The highest BCUT2D eigenvalue weighted by molar-refractivity contribution is 5.94. The zero-order valence-electron chi connectivity index (χ0n) is 12.6. The topological polar surface area (TPSA) is 66.5 Å². The molecule has 6 nitrogen and oxygen atoms in total. The molecule has 0 bridgehead atoms. The van der Waals surface area contributed by atoms with Gasteiger partial charge in [0.2, 0.25) is 0 Å². The molecular weight excluding hydrogens is 315 g/mol. The van der Waals surface area contributed by atoms with Crippen LogP contribution in [0.1, 0.15) is 10.4 Å². The molecule has 1 aromatic heterocycles. The van der Waals surface area contributed by atoms with E-state index < -0.39 is 0 Å². The van der Waals surface area contributed by atoms with E-state index in [1.807, 2.05) is 19.0 Å². The third kappa shape index (κ3) is 8.72. The van der Waals surface area contributed by atoms with E-state index in [9.17, 15) is 4.79 Å². The lowest BCUT2D eigenvalue weighted by Crippen LogP contribution is -2.33. The van der Waals surface area contributed by atoms with E-state index in [-0.39, 0.29) is 30.7 Å². The summed E-state index contributed by atoms with van der Waals surface area (Å²) < 4.78 is 4.91. The van der Waals surface area contributed by atoms with Gasteiger partial charge in [0, 0.05) is 52.6 Å². The van der Waals surface area contributed by atoms with Crippen LogP contribution in [0.15, 0.2) is 18.3 Å². The number of ether oxygens (including phenoxy) is 1. The minimum Gasteiger partial charge on any atom is -0.383 e. The Morgan fingerprint density at radius 1 is 1.29 bits per heavy atom. The van der Waals surface area contributed by atoms with Crippen LogP contribution < -0.4 is 15.5 Å². The van der Waals surface area contributed by atoms with Gasteiger partial charge in [0.25, 0.3) is 5.91 Å². The smallest absolute Gasteiger partial charge is 0.251 e. The number of nitrogens with one attached hydrogen (secondary N) is 2. The zero-order valence-corrected chi connectivity index (χ0v) is 14.2. The quantitative estimate of drug-likeness (QED) is 0.691. The number of aromatic nitrogens is 1. The minimum absolute atomic E-state index is 0. The summed E-state index contributed by atoms with van der Waals surface area (Å²) in [6.07, 6.45) is 1.64. The van der Waals surface area contributed by atoms with Crippen molar-refractivity contribution in [2.45, 2.75) is 0 Å². The predicted octanol–water partition coefficient (Wildman–Crippen LogP) is 0.957. The van der Waals surface area contributed by atoms with Gasteiger partial charge in [-0.05, 0) is 12.1 Å². The van der Waals surface area contributed by atoms with Crippen LogP contribution in [0.25, 0.3) is 0 Å². The molecule has 0 radical (unpaired) electrons. The second-order valence-corrected chi connectivity index (χ2v) is 4.30. The maximum atomic E-state index is 11.9. The molecule has 0 aliphatic rings. The minimum atomic E-state index is -0.0842. The first-order valence-electron chi connectivity index (χ1n) is 6.26. The Hall–Kier alpha value is -1.08. The highest BCUT2D eigenvalue weighted by Crippen LogP contribution is 2.09. The van der Waals surface area contributed by atoms with Crippen molar-refractivity contribution in [2.75, 3.05) is 52.3 Å². The fraction of sp³-hybridized carbons (Fsp3) is 0.538. The van der Waals surface area contributed by atoms with Gasteiger partial charge in [-0.2, -0.15) is 0 Å². The maximum Gasteiger partial charge on any atom is 0.251 e. The molecule has 21 heavy (non-hydrogen) atoms. The monoisotopic (exact) mass is 338 g/mol. The lowest BCUT2D eigenvalue weighted by atomic mass is 10.2. The average molecular weight is 339 g/mol. The molecule has 1 aromatic rings. The van der Waals surface area contributed by atoms with Crippen molar-refractivity contribution in [3.8, 4) is 0 Å². The largest absolute Gasteiger partial charge is 0.383 e. The predicted molar refractivity (Wildman–Crippen MR) is 90.1 cm³/mol. The summed E-state index contributed by atoms with van der Waals surface area (Å²) in [6.45, 7) is 2.76. The highest BCUT2D eigenvalue weighted by Gasteiger charge is 2.06. The van der Waals surface area contributed by atoms with Crippen LogP contribution in [0, 0.1) is 0 Å². The Bertz CT molecular complexity index is 406. The zero-order chi connectivity index (χ0) is 14.1. The molecule has 0 saturated heterocycles. The van der Waals surface area contributed by atoms with Gasteiger partial charge < -0.3 is 20.3 Å². The molecule has 0 unspecified atom stereocenters. The van der Waals surface area contributed by atoms with Gasteiger partial charge >= 0.3 is 0 Å². The van der Waals surface area contributed by atoms with Gasteiger partial charge in [-0.25, -0.2) is 4.98 Å². The lowest BCUT2D eigenvalue weighted by molar-refractivity contribution is 0.0953. The maximum absolute atomic E-state index is 11.9. The number of nitrogens with zero attached hydrogens (tertiary/aromatic N) is 2. The van der Waals surface area contributed by atoms with E-state index in [2.05, 4.69) is 15.6 Å². The van der Waals surface area contributed by atoms with Crippen molar-refractivity contribution >= 4 is 36.5 Å². The standard InChI is InChI=1S/C13H22N4O2.2ClH/c1-17(2)12-10-11(4-5-15-12)13(18)16-7-6-14-8-9-19-3;;/h4-5,10,14H,6-9H2,1-3H3,(H,16,18);2*1H. The third-order valence-corrected chi connectivity index (χ3v) is 2.54. The van der Waals surface area contributed by atoms with Gasteiger partial charge in [0.05, 0.1) is 6.61 Å². The molecule has 0 saturated carbocycles. The van der Waals surface area contributed by atoms with Crippen LogP contribution >= 0.6 is 24.8 Å². The first-order valence-corrected chi connectivity index (χ1v) is 6.26. The fourth-order valence-electron chi connectivity index (χ4n) is 1.47. The summed E-state index contributed by atoms with van der Waals surface area (Å²) in [4.78, 5) is 17.9. The number of methoxy groups -OCH3 is 1. The van der Waals surface area contributed by atoms with Crippen molar-refractivity contribution in [3.63, 3.8) is 0 Å². The van der Waals surface area contributed by atoms with Crippen LogP contribution in [0.3, 0.4) is 0 Å². The number of hydrogen-bond acceptors (Lipinski definition) is 5. The molecule has 2 N–H and O–H groups in total. The van der Waals surface area contributed by atoms with Gasteiger partial charge in [-0.3, -0.25) is 4.79 Å². The van der Waals surface area contributed by atoms with E-state index in [1.54, 1.807) is 25.4 Å². The van der Waals surface area contributed by atoms with Gasteiger partial charge in [0.1, 0.15) is 5.82 Å². The SMILES string of the molecule is COCCNCCNC(=O)c1ccnc(N(C)C)c1.Cl.Cl. The number of rotatable bonds is 8. The molecule has 122 valence electrons. The van der Waals surface area contributed by atoms with E-state index in [4.69, 9.17) is 4.74 Å². The van der Waals surface area contributed by atoms with Crippen molar-refractivity contribution in [1.82, 2.24) is 15.6 Å². The Labute approximate surface area is 138 Å². The van der Waals surface area contributed by atoms with E-state index in [1.165, 1.54) is 0 Å². The van der Waals surface area contributed by atoms with Crippen LogP contribution in [0.2, 0.25) is 0 Å². The summed E-state index contributed by atoms with van der Waals surface area (Å²) in [5, 5.41) is 6.02.